The van der Waals surface area contributed by atoms with Gasteiger partial charge >= 0.3 is 0 Å². The zero-order chi connectivity index (χ0) is 20.5. The summed E-state index contributed by atoms with van der Waals surface area (Å²) in [5, 5.41) is 5.93. The van der Waals surface area contributed by atoms with Gasteiger partial charge in [0.25, 0.3) is 5.56 Å². The summed E-state index contributed by atoms with van der Waals surface area (Å²) in [4.78, 5) is 46.8. The number of aromatic amines is 1. The number of halogens is 2. The minimum atomic E-state index is -1.000. The lowest BCUT2D eigenvalue weighted by molar-refractivity contribution is -0.123. The van der Waals surface area contributed by atoms with Gasteiger partial charge in [-0.2, -0.15) is 4.98 Å². The lowest BCUT2D eigenvalue weighted by Gasteiger charge is -2.29. The molecule has 2 aliphatic rings. The van der Waals surface area contributed by atoms with E-state index in [2.05, 4.69) is 20.6 Å². The van der Waals surface area contributed by atoms with Crippen LogP contribution in [0.2, 0.25) is 10.0 Å². The van der Waals surface area contributed by atoms with Crippen molar-refractivity contribution in [1.29, 1.82) is 0 Å². The van der Waals surface area contributed by atoms with Crippen LogP contribution in [-0.4, -0.2) is 48.1 Å². The number of ether oxygens (including phenoxy) is 1. The number of carbonyl (C=O) groups excluding carboxylic acids is 2. The van der Waals surface area contributed by atoms with E-state index in [4.69, 9.17) is 27.9 Å². The fourth-order valence-electron chi connectivity index (χ4n) is 3.32. The van der Waals surface area contributed by atoms with E-state index in [0.29, 0.717) is 43.0 Å². The lowest BCUT2D eigenvalue weighted by atomic mass is 9.92. The summed E-state index contributed by atoms with van der Waals surface area (Å²) in [7, 11) is 0. The Morgan fingerprint density at radius 3 is 2.72 bits per heavy atom. The topological polar surface area (TPSA) is 116 Å². The molecule has 0 aliphatic carbocycles. The zero-order valence-corrected chi connectivity index (χ0v) is 16.6. The molecular weight excluding hydrogens is 421 g/mol. The minimum Gasteiger partial charge on any atom is -0.378 e. The van der Waals surface area contributed by atoms with Crippen molar-refractivity contribution in [3.05, 3.63) is 44.2 Å². The standard InChI is InChI=1S/C18H17Cl2N5O4/c19-9-1-2-12(11(20)7-9)21-16(27)10-8-13(26)22-15-14(10)17(28)24-18(23-15)25-3-5-29-6-4-25/h1-2,7,10H,3-6,8H2,(H,21,27)(H2,22,23,24,26,28)/t10-/m0/s1. The van der Waals surface area contributed by atoms with Crippen LogP contribution in [0.5, 0.6) is 0 Å². The first-order chi connectivity index (χ1) is 13.9. The maximum Gasteiger partial charge on any atom is 0.258 e. The second-order valence-electron chi connectivity index (χ2n) is 6.67. The van der Waals surface area contributed by atoms with Gasteiger partial charge in [0.05, 0.1) is 35.4 Å². The molecule has 11 heteroatoms. The fourth-order valence-corrected chi connectivity index (χ4v) is 3.77. The summed E-state index contributed by atoms with van der Waals surface area (Å²) in [6.07, 6.45) is -0.175. The number of H-pyrrole nitrogens is 1. The SMILES string of the molecule is O=C1C[C@H](C(=O)Nc2ccc(Cl)cc2Cl)c2c(nc(N3CCOCC3)[nH]c2=O)N1. The highest BCUT2D eigenvalue weighted by atomic mass is 35.5. The van der Waals surface area contributed by atoms with Crippen molar-refractivity contribution in [3.8, 4) is 0 Å². The monoisotopic (exact) mass is 437 g/mol. The smallest absolute Gasteiger partial charge is 0.258 e. The van der Waals surface area contributed by atoms with Gasteiger partial charge in [0.15, 0.2) is 0 Å². The van der Waals surface area contributed by atoms with E-state index in [0.717, 1.165) is 0 Å². The summed E-state index contributed by atoms with van der Waals surface area (Å²) in [5.74, 6) is -1.50. The van der Waals surface area contributed by atoms with Crippen LogP contribution in [0.3, 0.4) is 0 Å². The summed E-state index contributed by atoms with van der Waals surface area (Å²) >= 11 is 12.0. The van der Waals surface area contributed by atoms with Gasteiger partial charge in [-0.1, -0.05) is 23.2 Å². The molecule has 3 N–H and O–H groups in total. The van der Waals surface area contributed by atoms with Crippen LogP contribution in [0.4, 0.5) is 17.5 Å². The molecule has 9 nitrogen and oxygen atoms in total. The van der Waals surface area contributed by atoms with E-state index >= 15 is 0 Å². The lowest BCUT2D eigenvalue weighted by Crippen LogP contribution is -2.41. The molecule has 152 valence electrons. The zero-order valence-electron chi connectivity index (χ0n) is 15.1. The molecule has 1 aromatic carbocycles. The third kappa shape index (κ3) is 4.07. The maximum absolute atomic E-state index is 12.9. The average molecular weight is 438 g/mol. The highest BCUT2D eigenvalue weighted by Gasteiger charge is 2.35. The minimum absolute atomic E-state index is 0.0915. The summed E-state index contributed by atoms with van der Waals surface area (Å²) in [6, 6.07) is 4.62. The van der Waals surface area contributed by atoms with E-state index in [-0.39, 0.29) is 22.8 Å². The Bertz CT molecular complexity index is 1040. The van der Waals surface area contributed by atoms with Crippen molar-refractivity contribution in [2.24, 2.45) is 0 Å². The summed E-state index contributed by atoms with van der Waals surface area (Å²) in [5.41, 5.74) is -0.0223. The molecule has 2 amide bonds. The van der Waals surface area contributed by atoms with Crippen molar-refractivity contribution in [1.82, 2.24) is 9.97 Å². The molecule has 0 radical (unpaired) electrons. The van der Waals surface area contributed by atoms with E-state index < -0.39 is 23.3 Å². The number of hydrogen-bond donors (Lipinski definition) is 3. The van der Waals surface area contributed by atoms with E-state index in [1.165, 1.54) is 6.07 Å². The molecule has 1 atom stereocenters. The number of hydrogen-bond acceptors (Lipinski definition) is 6. The highest BCUT2D eigenvalue weighted by molar-refractivity contribution is 6.36. The molecule has 1 aromatic heterocycles. The van der Waals surface area contributed by atoms with E-state index in [9.17, 15) is 14.4 Å². The fraction of sp³-hybridized carbons (Fsp3) is 0.333. The third-order valence-corrected chi connectivity index (χ3v) is 5.30. The largest absolute Gasteiger partial charge is 0.378 e. The number of aromatic nitrogens is 2. The Labute approximate surface area is 175 Å². The molecule has 0 bridgehead atoms. The highest BCUT2D eigenvalue weighted by Crippen LogP contribution is 2.32. The van der Waals surface area contributed by atoms with Crippen LogP contribution in [-0.2, 0) is 14.3 Å². The van der Waals surface area contributed by atoms with Crippen molar-refractivity contribution in [2.45, 2.75) is 12.3 Å². The Balaban J connectivity index is 1.65. The number of rotatable bonds is 3. The molecule has 4 rings (SSSR count). The Hall–Kier alpha value is -2.62. The first-order valence-electron chi connectivity index (χ1n) is 8.95. The van der Waals surface area contributed by atoms with Crippen LogP contribution in [0.15, 0.2) is 23.0 Å². The molecule has 1 fully saturated rings. The first-order valence-corrected chi connectivity index (χ1v) is 9.70. The second-order valence-corrected chi connectivity index (χ2v) is 7.51. The molecule has 0 saturated carbocycles. The number of amides is 2. The molecule has 3 heterocycles. The normalized spacial score (nSPS) is 18.8. The second kappa shape index (κ2) is 8.02. The van der Waals surface area contributed by atoms with Gasteiger partial charge in [-0.3, -0.25) is 19.4 Å². The van der Waals surface area contributed by atoms with Gasteiger partial charge < -0.3 is 20.3 Å². The quantitative estimate of drug-likeness (QED) is 0.675. The first kappa shape index (κ1) is 19.7. The number of anilines is 3. The van der Waals surface area contributed by atoms with Gasteiger partial charge in [-0.25, -0.2) is 0 Å². The van der Waals surface area contributed by atoms with Crippen LogP contribution in [0.1, 0.15) is 17.9 Å². The molecular formula is C18H17Cl2N5O4. The van der Waals surface area contributed by atoms with Gasteiger partial charge in [0, 0.05) is 24.5 Å². The van der Waals surface area contributed by atoms with E-state index in [1.807, 2.05) is 4.90 Å². The average Bonchev–Trinajstić information content (AvgIpc) is 2.69. The van der Waals surface area contributed by atoms with Crippen LogP contribution >= 0.6 is 23.2 Å². The molecule has 2 aromatic rings. The van der Waals surface area contributed by atoms with Gasteiger partial charge in [-0.05, 0) is 18.2 Å². The number of carbonyl (C=O) groups is 2. The summed E-state index contributed by atoms with van der Waals surface area (Å²) in [6.45, 7) is 2.16. The van der Waals surface area contributed by atoms with Crippen LogP contribution < -0.4 is 21.1 Å². The van der Waals surface area contributed by atoms with Gasteiger partial charge in [0.1, 0.15) is 5.82 Å². The van der Waals surface area contributed by atoms with Crippen molar-refractivity contribution < 1.29 is 14.3 Å². The molecule has 0 unspecified atom stereocenters. The Morgan fingerprint density at radius 2 is 2.00 bits per heavy atom. The van der Waals surface area contributed by atoms with Crippen molar-refractivity contribution >= 4 is 52.5 Å². The molecule has 2 aliphatic heterocycles. The predicted molar refractivity (Wildman–Crippen MR) is 109 cm³/mol. The van der Waals surface area contributed by atoms with E-state index in [1.54, 1.807) is 12.1 Å². The third-order valence-electron chi connectivity index (χ3n) is 4.75. The van der Waals surface area contributed by atoms with Crippen molar-refractivity contribution in [2.75, 3.05) is 41.8 Å². The molecule has 29 heavy (non-hydrogen) atoms. The van der Waals surface area contributed by atoms with Gasteiger partial charge in [0.2, 0.25) is 17.8 Å². The Kier molecular flexibility index (Phi) is 5.44. The number of fused-ring (bicyclic) bond motifs is 1. The van der Waals surface area contributed by atoms with Crippen LogP contribution in [0.25, 0.3) is 0 Å². The predicted octanol–water partition coefficient (Wildman–Crippen LogP) is 1.98. The Morgan fingerprint density at radius 1 is 1.24 bits per heavy atom. The number of nitrogens with zero attached hydrogens (tertiary/aromatic N) is 2. The number of nitrogens with one attached hydrogen (secondary N) is 3. The van der Waals surface area contributed by atoms with Gasteiger partial charge in [-0.15, -0.1) is 0 Å². The number of morpholine rings is 1. The van der Waals surface area contributed by atoms with Crippen LogP contribution in [0, 0.1) is 0 Å². The maximum atomic E-state index is 12.9. The molecule has 0 spiro atoms. The van der Waals surface area contributed by atoms with Crippen molar-refractivity contribution in [3.63, 3.8) is 0 Å². The number of benzene rings is 1. The summed E-state index contributed by atoms with van der Waals surface area (Å²) < 4.78 is 5.30. The molecule has 1 saturated heterocycles.